The van der Waals surface area contributed by atoms with E-state index in [4.69, 9.17) is 5.11 Å². The van der Waals surface area contributed by atoms with Crippen molar-refractivity contribution in [1.82, 2.24) is 9.47 Å². The molecule has 1 aromatic rings. The van der Waals surface area contributed by atoms with Gasteiger partial charge in [0.1, 0.15) is 12.2 Å². The average molecular weight is 250 g/mol. The number of hydrogen-bond donors (Lipinski definition) is 1. The second-order valence-corrected chi connectivity index (χ2v) is 4.70. The van der Waals surface area contributed by atoms with Crippen LogP contribution in [0.15, 0.2) is 18.3 Å². The van der Waals surface area contributed by atoms with Crippen molar-refractivity contribution >= 4 is 11.9 Å². The predicted molar refractivity (Wildman–Crippen MR) is 66.4 cm³/mol. The van der Waals surface area contributed by atoms with Crippen molar-refractivity contribution in [3.8, 4) is 0 Å². The Hall–Kier alpha value is -1.78. The summed E-state index contributed by atoms with van der Waals surface area (Å²) in [6, 6.07) is 3.39. The number of hydrogen-bond acceptors (Lipinski definition) is 2. The van der Waals surface area contributed by atoms with Crippen LogP contribution in [0, 0.1) is 5.92 Å². The summed E-state index contributed by atoms with van der Waals surface area (Å²) in [5, 5.41) is 8.80. The van der Waals surface area contributed by atoms with Gasteiger partial charge in [-0.1, -0.05) is 0 Å². The number of carboxylic acid groups (broad SMARTS) is 1. The highest BCUT2D eigenvalue weighted by molar-refractivity contribution is 5.93. The van der Waals surface area contributed by atoms with Gasteiger partial charge in [-0.2, -0.15) is 0 Å². The van der Waals surface area contributed by atoms with Crippen molar-refractivity contribution < 1.29 is 14.7 Å². The largest absolute Gasteiger partial charge is 0.480 e. The first-order chi connectivity index (χ1) is 8.61. The zero-order valence-corrected chi connectivity index (χ0v) is 10.5. The van der Waals surface area contributed by atoms with E-state index in [-0.39, 0.29) is 12.5 Å². The van der Waals surface area contributed by atoms with Crippen LogP contribution in [0.2, 0.25) is 0 Å². The number of carbonyl (C=O) groups excluding carboxylic acids is 1. The van der Waals surface area contributed by atoms with Crippen LogP contribution >= 0.6 is 0 Å². The van der Waals surface area contributed by atoms with Crippen molar-refractivity contribution in [2.75, 3.05) is 13.1 Å². The number of aliphatic carboxylic acids is 1. The number of carboxylic acids is 1. The Balaban J connectivity index is 2.10. The Morgan fingerprint density at radius 1 is 1.50 bits per heavy atom. The molecule has 5 heteroatoms. The molecule has 0 unspecified atom stereocenters. The molecule has 1 heterocycles. The van der Waals surface area contributed by atoms with Gasteiger partial charge in [-0.05, 0) is 37.8 Å². The van der Waals surface area contributed by atoms with Crippen LogP contribution in [0.1, 0.15) is 30.3 Å². The fraction of sp³-hybridized carbons (Fsp3) is 0.538. The third kappa shape index (κ3) is 2.91. The highest BCUT2D eigenvalue weighted by Gasteiger charge is 2.27. The lowest BCUT2D eigenvalue weighted by Gasteiger charge is -2.21. The molecule has 1 saturated carbocycles. The first-order valence-electron chi connectivity index (χ1n) is 6.28. The van der Waals surface area contributed by atoms with E-state index in [0.717, 1.165) is 6.54 Å². The van der Waals surface area contributed by atoms with E-state index in [9.17, 15) is 9.59 Å². The lowest BCUT2D eigenvalue weighted by molar-refractivity contribution is -0.137. The van der Waals surface area contributed by atoms with Crippen molar-refractivity contribution in [3.05, 3.63) is 24.0 Å². The van der Waals surface area contributed by atoms with Crippen LogP contribution in [-0.4, -0.2) is 39.5 Å². The molecule has 0 atom stereocenters. The SMILES string of the molecule is CCN(CC1CC1)C(=O)c1cccn1CC(=O)O. The average Bonchev–Trinajstić information content (AvgIpc) is 3.03. The summed E-state index contributed by atoms with van der Waals surface area (Å²) in [6.07, 6.45) is 4.02. The van der Waals surface area contributed by atoms with Crippen molar-refractivity contribution in [3.63, 3.8) is 0 Å². The molecule has 5 nitrogen and oxygen atoms in total. The molecule has 2 rings (SSSR count). The Morgan fingerprint density at radius 3 is 2.78 bits per heavy atom. The van der Waals surface area contributed by atoms with Gasteiger partial charge in [0.05, 0.1) is 0 Å². The summed E-state index contributed by atoms with van der Waals surface area (Å²) in [5.41, 5.74) is 0.458. The van der Waals surface area contributed by atoms with Crippen molar-refractivity contribution in [2.24, 2.45) is 5.92 Å². The standard InChI is InChI=1S/C13H18N2O3/c1-2-14(8-10-5-6-10)13(18)11-4-3-7-15(11)9-12(16)17/h3-4,7,10H,2,5-6,8-9H2,1H3,(H,16,17). The van der Waals surface area contributed by atoms with Gasteiger partial charge in [-0.25, -0.2) is 0 Å². The van der Waals surface area contributed by atoms with Crippen LogP contribution in [0.5, 0.6) is 0 Å². The molecular formula is C13H18N2O3. The molecule has 1 aromatic heterocycles. The molecule has 98 valence electrons. The van der Waals surface area contributed by atoms with Crippen LogP contribution in [0.4, 0.5) is 0 Å². The molecule has 1 aliphatic carbocycles. The van der Waals surface area contributed by atoms with Crippen LogP contribution in [0.25, 0.3) is 0 Å². The molecule has 1 aliphatic rings. The maximum atomic E-state index is 12.3. The normalized spacial score (nSPS) is 14.5. The van der Waals surface area contributed by atoms with Gasteiger partial charge in [0.15, 0.2) is 0 Å². The quantitative estimate of drug-likeness (QED) is 0.831. The molecule has 0 bridgehead atoms. The monoisotopic (exact) mass is 250 g/mol. The predicted octanol–water partition coefficient (Wildman–Crippen LogP) is 1.44. The van der Waals surface area contributed by atoms with Crippen molar-refractivity contribution in [1.29, 1.82) is 0 Å². The summed E-state index contributed by atoms with van der Waals surface area (Å²) in [7, 11) is 0. The van der Waals surface area contributed by atoms with E-state index in [1.54, 1.807) is 23.2 Å². The maximum absolute atomic E-state index is 12.3. The van der Waals surface area contributed by atoms with Gasteiger partial charge in [0, 0.05) is 19.3 Å². The van der Waals surface area contributed by atoms with E-state index in [1.165, 1.54) is 17.4 Å². The minimum atomic E-state index is -0.939. The third-order valence-electron chi connectivity index (χ3n) is 3.20. The molecule has 1 amide bonds. The van der Waals surface area contributed by atoms with Crippen LogP contribution in [0.3, 0.4) is 0 Å². The summed E-state index contributed by atoms with van der Waals surface area (Å²) in [4.78, 5) is 24.8. The first kappa shape index (κ1) is 12.7. The number of rotatable bonds is 6. The molecule has 0 aliphatic heterocycles. The Labute approximate surface area is 106 Å². The zero-order chi connectivity index (χ0) is 13.1. The summed E-state index contributed by atoms with van der Waals surface area (Å²) in [5.74, 6) is -0.377. The van der Waals surface area contributed by atoms with Crippen molar-refractivity contribution in [2.45, 2.75) is 26.3 Å². The second kappa shape index (κ2) is 5.25. The van der Waals surface area contributed by atoms with Gasteiger partial charge in [-0.15, -0.1) is 0 Å². The molecule has 0 aromatic carbocycles. The lowest BCUT2D eigenvalue weighted by Crippen LogP contribution is -2.34. The number of nitrogens with zero attached hydrogens (tertiary/aromatic N) is 2. The lowest BCUT2D eigenvalue weighted by atomic mass is 10.3. The second-order valence-electron chi connectivity index (χ2n) is 4.70. The van der Waals surface area contributed by atoms with E-state index < -0.39 is 5.97 Å². The highest BCUT2D eigenvalue weighted by atomic mass is 16.4. The van der Waals surface area contributed by atoms with Gasteiger partial charge in [0.25, 0.3) is 5.91 Å². The Kier molecular flexibility index (Phi) is 3.69. The van der Waals surface area contributed by atoms with Gasteiger partial charge in [-0.3, -0.25) is 9.59 Å². The number of amides is 1. The molecular weight excluding hydrogens is 232 g/mol. The molecule has 0 spiro atoms. The first-order valence-corrected chi connectivity index (χ1v) is 6.28. The number of carbonyl (C=O) groups is 2. The summed E-state index contributed by atoms with van der Waals surface area (Å²) in [6.45, 7) is 3.22. The molecule has 1 fully saturated rings. The van der Waals surface area contributed by atoms with Crippen LogP contribution in [-0.2, 0) is 11.3 Å². The highest BCUT2D eigenvalue weighted by Crippen LogP contribution is 2.30. The van der Waals surface area contributed by atoms with Gasteiger partial charge >= 0.3 is 5.97 Å². The smallest absolute Gasteiger partial charge is 0.323 e. The molecule has 0 saturated heterocycles. The fourth-order valence-corrected chi connectivity index (χ4v) is 2.02. The summed E-state index contributed by atoms with van der Waals surface area (Å²) >= 11 is 0. The summed E-state index contributed by atoms with van der Waals surface area (Å²) < 4.78 is 1.49. The van der Waals surface area contributed by atoms with E-state index in [1.807, 2.05) is 6.92 Å². The topological polar surface area (TPSA) is 62.5 Å². The molecule has 18 heavy (non-hydrogen) atoms. The Bertz CT molecular complexity index is 449. The van der Waals surface area contributed by atoms with Gasteiger partial charge in [0.2, 0.25) is 0 Å². The van der Waals surface area contributed by atoms with Gasteiger partial charge < -0.3 is 14.6 Å². The fourth-order valence-electron chi connectivity index (χ4n) is 2.02. The minimum absolute atomic E-state index is 0.0735. The van der Waals surface area contributed by atoms with E-state index in [0.29, 0.717) is 18.2 Å². The number of aromatic nitrogens is 1. The maximum Gasteiger partial charge on any atom is 0.323 e. The minimum Gasteiger partial charge on any atom is -0.480 e. The molecule has 1 N–H and O–H groups in total. The third-order valence-corrected chi connectivity index (χ3v) is 3.20. The van der Waals surface area contributed by atoms with E-state index >= 15 is 0 Å². The van der Waals surface area contributed by atoms with E-state index in [2.05, 4.69) is 0 Å². The Morgan fingerprint density at radius 2 is 2.22 bits per heavy atom. The van der Waals surface area contributed by atoms with Crippen LogP contribution < -0.4 is 0 Å². The molecule has 0 radical (unpaired) electrons. The zero-order valence-electron chi connectivity index (χ0n) is 10.5.